The average Bonchev–Trinajstić information content (AvgIpc) is 3.11. The van der Waals surface area contributed by atoms with Crippen molar-refractivity contribution in [2.24, 2.45) is 0 Å². The number of aryl methyl sites for hydroxylation is 1. The molecule has 32 heavy (non-hydrogen) atoms. The van der Waals surface area contributed by atoms with Gasteiger partial charge in [-0.1, -0.05) is 0 Å². The van der Waals surface area contributed by atoms with E-state index >= 15 is 0 Å². The van der Waals surface area contributed by atoms with Gasteiger partial charge in [-0.25, -0.2) is 4.98 Å². The number of fused-ring (bicyclic) bond motifs is 1. The fourth-order valence-electron chi connectivity index (χ4n) is 4.85. The minimum atomic E-state index is 0.0369. The van der Waals surface area contributed by atoms with E-state index in [2.05, 4.69) is 59.1 Å². The van der Waals surface area contributed by atoms with Crippen molar-refractivity contribution >= 4 is 11.0 Å². The van der Waals surface area contributed by atoms with E-state index in [1.165, 1.54) is 5.56 Å². The Hall–Kier alpha value is -2.48. The van der Waals surface area contributed by atoms with E-state index in [4.69, 9.17) is 4.98 Å². The Morgan fingerprint density at radius 1 is 1.06 bits per heavy atom. The molecular weight excluding hydrogens is 400 g/mol. The molecule has 1 fully saturated rings. The van der Waals surface area contributed by atoms with Crippen molar-refractivity contribution in [1.29, 1.82) is 0 Å². The summed E-state index contributed by atoms with van der Waals surface area (Å²) >= 11 is 0. The summed E-state index contributed by atoms with van der Waals surface area (Å²) in [7, 11) is 2.02. The van der Waals surface area contributed by atoms with Crippen LogP contribution in [0.2, 0.25) is 0 Å². The fourth-order valence-corrected chi connectivity index (χ4v) is 4.85. The number of nitrogens with one attached hydrogen (secondary N) is 2. The third-order valence-corrected chi connectivity index (χ3v) is 6.82. The highest BCUT2D eigenvalue weighted by Crippen LogP contribution is 2.34. The molecule has 172 valence electrons. The molecule has 2 aromatic heterocycles. The Morgan fingerprint density at radius 3 is 2.41 bits per heavy atom. The van der Waals surface area contributed by atoms with Crippen LogP contribution in [-0.4, -0.2) is 74.4 Å². The van der Waals surface area contributed by atoms with Crippen LogP contribution in [0.15, 0.2) is 30.3 Å². The van der Waals surface area contributed by atoms with Crippen molar-refractivity contribution in [2.45, 2.75) is 52.2 Å². The number of phenolic OH excluding ortho intramolecular Hbond substituents is 1. The Bertz CT molecular complexity index is 1090. The number of hydrogen-bond donors (Lipinski definition) is 3. The zero-order valence-corrected chi connectivity index (χ0v) is 20.2. The van der Waals surface area contributed by atoms with Crippen molar-refractivity contribution in [3.63, 3.8) is 0 Å². The van der Waals surface area contributed by atoms with E-state index < -0.39 is 0 Å². The van der Waals surface area contributed by atoms with Gasteiger partial charge in [-0.3, -0.25) is 14.9 Å². The highest BCUT2D eigenvalue weighted by molar-refractivity contribution is 5.84. The molecule has 0 aliphatic carbocycles. The lowest BCUT2D eigenvalue weighted by molar-refractivity contribution is -0.0590. The van der Waals surface area contributed by atoms with Gasteiger partial charge >= 0.3 is 0 Å². The largest absolute Gasteiger partial charge is 0.508 e. The molecule has 0 bridgehead atoms. The van der Waals surface area contributed by atoms with Gasteiger partial charge in [0.05, 0.1) is 11.4 Å². The second-order valence-electron chi connectivity index (χ2n) is 10.3. The molecule has 0 amide bonds. The number of H-pyrrole nitrogens is 1. The molecule has 1 saturated heterocycles. The van der Waals surface area contributed by atoms with Gasteiger partial charge in [0.15, 0.2) is 5.65 Å². The minimum Gasteiger partial charge on any atom is -0.508 e. The summed E-state index contributed by atoms with van der Waals surface area (Å²) in [5, 5.41) is 21.6. The van der Waals surface area contributed by atoms with Gasteiger partial charge in [-0.2, -0.15) is 5.10 Å². The number of aromatic amines is 1. The van der Waals surface area contributed by atoms with Gasteiger partial charge in [0.2, 0.25) is 0 Å². The molecule has 3 heterocycles. The number of likely N-dealkylation sites (N-methyl/N-ethyl adjacent to an activating group) is 1. The Kier molecular flexibility index (Phi) is 6.00. The summed E-state index contributed by atoms with van der Waals surface area (Å²) < 4.78 is 0. The predicted octanol–water partition coefficient (Wildman–Crippen LogP) is 3.53. The molecule has 1 aromatic carbocycles. The summed E-state index contributed by atoms with van der Waals surface area (Å²) in [6.07, 6.45) is 0. The van der Waals surface area contributed by atoms with Crippen molar-refractivity contribution in [3.8, 4) is 17.0 Å². The van der Waals surface area contributed by atoms with Crippen LogP contribution in [0.1, 0.15) is 39.0 Å². The van der Waals surface area contributed by atoms with Gasteiger partial charge in [-0.05, 0) is 77.6 Å². The molecule has 3 N–H and O–H groups in total. The number of piperazine rings is 1. The van der Waals surface area contributed by atoms with Crippen molar-refractivity contribution in [3.05, 3.63) is 41.6 Å². The molecule has 1 aliphatic rings. The van der Waals surface area contributed by atoms with Gasteiger partial charge in [0.25, 0.3) is 0 Å². The lowest BCUT2D eigenvalue weighted by atomic mass is 9.88. The van der Waals surface area contributed by atoms with E-state index in [1.54, 1.807) is 12.1 Å². The summed E-state index contributed by atoms with van der Waals surface area (Å²) in [5.74, 6) is 0.257. The summed E-state index contributed by atoms with van der Waals surface area (Å²) in [6.45, 7) is 16.3. The number of nitrogens with zero attached hydrogens (tertiary/aromatic N) is 4. The molecular formula is C25H36N6O. The molecule has 7 heteroatoms. The Labute approximate surface area is 190 Å². The van der Waals surface area contributed by atoms with E-state index in [1.807, 2.05) is 26.1 Å². The molecule has 0 spiro atoms. The number of hydrogen-bond acceptors (Lipinski definition) is 6. The first-order valence-corrected chi connectivity index (χ1v) is 11.4. The highest BCUT2D eigenvalue weighted by atomic mass is 16.3. The molecule has 0 atom stereocenters. The zero-order valence-electron chi connectivity index (χ0n) is 20.2. The second kappa shape index (κ2) is 8.46. The maximum absolute atomic E-state index is 9.68. The number of benzene rings is 1. The lowest BCUT2D eigenvalue weighted by Crippen LogP contribution is -2.67. The van der Waals surface area contributed by atoms with Crippen molar-refractivity contribution < 1.29 is 5.11 Å². The van der Waals surface area contributed by atoms with Crippen LogP contribution >= 0.6 is 0 Å². The average molecular weight is 437 g/mol. The summed E-state index contributed by atoms with van der Waals surface area (Å²) in [5.41, 5.74) is 5.02. The fraction of sp³-hybridized carbons (Fsp3) is 0.520. The summed E-state index contributed by atoms with van der Waals surface area (Å²) in [4.78, 5) is 10.0. The maximum Gasteiger partial charge on any atom is 0.156 e. The normalized spacial score (nSPS) is 18.9. The van der Waals surface area contributed by atoms with E-state index in [9.17, 15) is 5.11 Å². The number of aromatic hydroxyl groups is 1. The zero-order chi connectivity index (χ0) is 23.1. The van der Waals surface area contributed by atoms with Gasteiger partial charge in [0.1, 0.15) is 5.75 Å². The molecule has 7 nitrogen and oxygen atoms in total. The molecule has 0 saturated carbocycles. The third kappa shape index (κ3) is 4.37. The van der Waals surface area contributed by atoms with Gasteiger partial charge in [-0.15, -0.1) is 0 Å². The lowest BCUT2D eigenvalue weighted by Gasteiger charge is -2.55. The van der Waals surface area contributed by atoms with E-state index in [0.717, 1.165) is 60.7 Å². The highest BCUT2D eigenvalue weighted by Gasteiger charge is 2.42. The minimum absolute atomic E-state index is 0.0369. The predicted molar refractivity (Wildman–Crippen MR) is 130 cm³/mol. The molecule has 1 aliphatic heterocycles. The number of phenols is 1. The quantitative estimate of drug-likeness (QED) is 0.549. The summed E-state index contributed by atoms with van der Waals surface area (Å²) in [6, 6.07) is 9.41. The first kappa shape index (κ1) is 22.7. The molecule has 3 aromatic rings. The first-order chi connectivity index (χ1) is 15.1. The van der Waals surface area contributed by atoms with Crippen LogP contribution < -0.4 is 5.32 Å². The van der Waals surface area contributed by atoms with Crippen LogP contribution in [0.5, 0.6) is 5.75 Å². The van der Waals surface area contributed by atoms with Gasteiger partial charge in [0, 0.05) is 54.8 Å². The smallest absolute Gasteiger partial charge is 0.156 e. The first-order valence-electron chi connectivity index (χ1n) is 11.4. The molecule has 4 rings (SSSR count). The van der Waals surface area contributed by atoms with Crippen LogP contribution in [0, 0.1) is 6.92 Å². The van der Waals surface area contributed by atoms with Crippen LogP contribution in [0.25, 0.3) is 22.3 Å². The van der Waals surface area contributed by atoms with E-state index in [0.29, 0.717) is 0 Å². The number of pyridine rings is 1. The van der Waals surface area contributed by atoms with Crippen LogP contribution in [0.4, 0.5) is 0 Å². The maximum atomic E-state index is 9.68. The van der Waals surface area contributed by atoms with Gasteiger partial charge < -0.3 is 10.4 Å². The SMILES string of the molecule is CNCCN1CC(C)(C)N(Cc2cc(-c3ccc(O)cc3)nc3[nH]nc(C)c23)CC1(C)C. The molecule has 0 unspecified atom stereocenters. The standard InChI is InChI=1S/C25H36N6O/c1-17-22-19(13-21(27-23(22)29-28-17)18-7-9-20(32)10-8-18)14-31-16-24(2,3)30(12-11-26-6)15-25(31,4)5/h7-10,13,26,32H,11-12,14-16H2,1-6H3,(H,27,28,29). The second-order valence-corrected chi connectivity index (χ2v) is 10.3. The Morgan fingerprint density at radius 2 is 1.72 bits per heavy atom. The Balaban J connectivity index is 1.70. The topological polar surface area (TPSA) is 80.3 Å². The number of aromatic nitrogens is 3. The third-order valence-electron chi connectivity index (χ3n) is 6.82. The van der Waals surface area contributed by atoms with Crippen LogP contribution in [-0.2, 0) is 6.54 Å². The monoisotopic (exact) mass is 436 g/mol. The van der Waals surface area contributed by atoms with Crippen molar-refractivity contribution in [2.75, 3.05) is 33.2 Å². The number of rotatable bonds is 6. The van der Waals surface area contributed by atoms with Crippen molar-refractivity contribution in [1.82, 2.24) is 30.3 Å². The molecule has 0 radical (unpaired) electrons. The van der Waals surface area contributed by atoms with Crippen LogP contribution in [0.3, 0.4) is 0 Å². The van der Waals surface area contributed by atoms with E-state index in [-0.39, 0.29) is 16.8 Å².